The van der Waals surface area contributed by atoms with E-state index in [4.69, 9.17) is 14.5 Å². The van der Waals surface area contributed by atoms with E-state index in [1.54, 1.807) is 14.2 Å². The van der Waals surface area contributed by atoms with Crippen LogP contribution in [-0.4, -0.2) is 44.6 Å². The maximum atomic E-state index is 11.4. The molecule has 7 nitrogen and oxygen atoms in total. The Morgan fingerprint density at radius 3 is 2.34 bits per heavy atom. The first-order valence-corrected chi connectivity index (χ1v) is 9.53. The summed E-state index contributed by atoms with van der Waals surface area (Å²) in [5.41, 5.74) is 2.78. The van der Waals surface area contributed by atoms with E-state index in [0.29, 0.717) is 18.0 Å². The Kier molecular flexibility index (Phi) is 8.33. The Hall–Kier alpha value is -3.22. The second-order valence-electron chi connectivity index (χ2n) is 6.59. The quantitative estimate of drug-likeness (QED) is 0.527. The fourth-order valence-electron chi connectivity index (χ4n) is 2.86. The fraction of sp³-hybridized carbons (Fsp3) is 0.364. The summed E-state index contributed by atoms with van der Waals surface area (Å²) in [7, 11) is 5.24. The summed E-state index contributed by atoms with van der Waals surface area (Å²) in [5.74, 6) is 2.12. The molecular weight excluding hydrogens is 368 g/mol. The van der Waals surface area contributed by atoms with Crippen molar-refractivity contribution in [2.45, 2.75) is 26.9 Å². The number of hydrogen-bond donors (Lipinski definition) is 2. The van der Waals surface area contributed by atoms with Crippen LogP contribution < -0.4 is 20.1 Å². The Labute approximate surface area is 172 Å². The fourth-order valence-corrected chi connectivity index (χ4v) is 2.86. The molecule has 7 heteroatoms. The summed E-state index contributed by atoms with van der Waals surface area (Å²) in [6.45, 7) is 5.48. The normalized spacial score (nSPS) is 11.0. The molecule has 0 fully saturated rings. The Bertz CT molecular complexity index is 834. The number of ether oxygens (including phenoxy) is 2. The number of hydrogen-bond acceptors (Lipinski definition) is 4. The molecule has 0 unspecified atom stereocenters. The zero-order chi connectivity index (χ0) is 21.2. The number of benzene rings is 2. The summed E-state index contributed by atoms with van der Waals surface area (Å²) < 4.78 is 10.5. The zero-order valence-corrected chi connectivity index (χ0v) is 17.8. The van der Waals surface area contributed by atoms with Crippen LogP contribution in [0.2, 0.25) is 0 Å². The predicted octanol–water partition coefficient (Wildman–Crippen LogP) is 3.26. The monoisotopic (exact) mass is 398 g/mol. The molecule has 0 aliphatic heterocycles. The maximum Gasteiger partial charge on any atom is 0.221 e. The number of carbonyl (C=O) groups is 1. The van der Waals surface area contributed by atoms with Crippen molar-refractivity contribution in [3.05, 3.63) is 53.6 Å². The smallest absolute Gasteiger partial charge is 0.221 e. The molecule has 2 N–H and O–H groups in total. The van der Waals surface area contributed by atoms with Crippen molar-refractivity contribution in [1.29, 1.82) is 0 Å². The molecule has 0 heterocycles. The molecule has 0 saturated carbocycles. The van der Waals surface area contributed by atoms with Crippen LogP contribution in [0.4, 0.5) is 5.69 Å². The summed E-state index contributed by atoms with van der Waals surface area (Å²) in [6, 6.07) is 13.7. The van der Waals surface area contributed by atoms with Gasteiger partial charge in [0.05, 0.1) is 26.5 Å². The highest BCUT2D eigenvalue weighted by molar-refractivity contribution is 5.90. The highest BCUT2D eigenvalue weighted by atomic mass is 16.5. The highest BCUT2D eigenvalue weighted by Crippen LogP contribution is 2.25. The Morgan fingerprint density at radius 1 is 1.07 bits per heavy atom. The number of rotatable bonds is 8. The van der Waals surface area contributed by atoms with Crippen LogP contribution in [-0.2, 0) is 17.9 Å². The SMILES string of the molecule is CCNC(=NCc1ccc(OC)c(NC(C)=O)c1)N(C)Cc1ccc(OC)cc1. The van der Waals surface area contributed by atoms with Crippen molar-refractivity contribution < 1.29 is 14.3 Å². The summed E-state index contributed by atoms with van der Waals surface area (Å²) in [6.07, 6.45) is 0. The minimum atomic E-state index is -0.142. The van der Waals surface area contributed by atoms with E-state index in [-0.39, 0.29) is 5.91 Å². The Balaban J connectivity index is 2.13. The van der Waals surface area contributed by atoms with E-state index in [2.05, 4.69) is 15.5 Å². The number of nitrogens with zero attached hydrogens (tertiary/aromatic N) is 2. The van der Waals surface area contributed by atoms with E-state index >= 15 is 0 Å². The minimum Gasteiger partial charge on any atom is -0.497 e. The first-order valence-electron chi connectivity index (χ1n) is 9.53. The lowest BCUT2D eigenvalue weighted by molar-refractivity contribution is -0.114. The largest absolute Gasteiger partial charge is 0.497 e. The average molecular weight is 399 g/mol. The van der Waals surface area contributed by atoms with Crippen molar-refractivity contribution >= 4 is 17.6 Å². The van der Waals surface area contributed by atoms with Gasteiger partial charge < -0.3 is 25.0 Å². The van der Waals surface area contributed by atoms with Gasteiger partial charge in [-0.05, 0) is 42.3 Å². The van der Waals surface area contributed by atoms with Crippen LogP contribution in [0.15, 0.2) is 47.5 Å². The lowest BCUT2D eigenvalue weighted by Gasteiger charge is -2.22. The summed E-state index contributed by atoms with van der Waals surface area (Å²) in [4.78, 5) is 18.2. The van der Waals surface area contributed by atoms with Crippen molar-refractivity contribution in [2.75, 3.05) is 33.1 Å². The van der Waals surface area contributed by atoms with E-state index in [9.17, 15) is 4.79 Å². The average Bonchev–Trinajstić information content (AvgIpc) is 2.71. The first kappa shape index (κ1) is 22.1. The van der Waals surface area contributed by atoms with E-state index in [1.807, 2.05) is 56.4 Å². The van der Waals surface area contributed by atoms with Gasteiger partial charge in [0.25, 0.3) is 0 Å². The zero-order valence-electron chi connectivity index (χ0n) is 17.8. The lowest BCUT2D eigenvalue weighted by atomic mass is 10.2. The van der Waals surface area contributed by atoms with Crippen LogP contribution >= 0.6 is 0 Å². The topological polar surface area (TPSA) is 75.2 Å². The molecule has 0 aromatic heterocycles. The molecule has 0 saturated heterocycles. The summed E-state index contributed by atoms with van der Waals surface area (Å²) in [5, 5.41) is 6.12. The van der Waals surface area contributed by atoms with E-state index in [0.717, 1.165) is 35.9 Å². The number of nitrogens with one attached hydrogen (secondary N) is 2. The molecule has 29 heavy (non-hydrogen) atoms. The third-order valence-electron chi connectivity index (χ3n) is 4.26. The van der Waals surface area contributed by atoms with E-state index < -0.39 is 0 Å². The molecule has 2 rings (SSSR count). The first-order chi connectivity index (χ1) is 14.0. The number of anilines is 1. The third-order valence-corrected chi connectivity index (χ3v) is 4.26. The molecule has 2 aromatic carbocycles. The van der Waals surface area contributed by atoms with Gasteiger partial charge in [0.1, 0.15) is 11.5 Å². The molecule has 0 spiro atoms. The standard InChI is InChI=1S/C22H30N4O3/c1-6-23-22(26(3)15-17-7-10-19(28-4)11-8-17)24-14-18-9-12-21(29-5)20(13-18)25-16(2)27/h7-13H,6,14-15H2,1-5H3,(H,23,24)(H,25,27). The highest BCUT2D eigenvalue weighted by Gasteiger charge is 2.09. The number of amides is 1. The molecule has 0 aliphatic carbocycles. The van der Waals surface area contributed by atoms with Gasteiger partial charge in [0, 0.05) is 27.1 Å². The molecule has 1 amide bonds. The van der Waals surface area contributed by atoms with Gasteiger partial charge in [0.2, 0.25) is 5.91 Å². The van der Waals surface area contributed by atoms with Crippen molar-refractivity contribution in [3.8, 4) is 11.5 Å². The third kappa shape index (κ3) is 6.71. The molecule has 0 bridgehead atoms. The van der Waals surface area contributed by atoms with Crippen LogP contribution in [0.1, 0.15) is 25.0 Å². The van der Waals surface area contributed by atoms with Gasteiger partial charge in [-0.1, -0.05) is 18.2 Å². The van der Waals surface area contributed by atoms with Gasteiger partial charge in [-0.3, -0.25) is 4.79 Å². The second-order valence-corrected chi connectivity index (χ2v) is 6.59. The number of guanidine groups is 1. The molecular formula is C22H30N4O3. The van der Waals surface area contributed by atoms with Crippen molar-refractivity contribution in [1.82, 2.24) is 10.2 Å². The Morgan fingerprint density at radius 2 is 1.76 bits per heavy atom. The van der Waals surface area contributed by atoms with Gasteiger partial charge >= 0.3 is 0 Å². The van der Waals surface area contributed by atoms with Gasteiger partial charge in [-0.15, -0.1) is 0 Å². The second kappa shape index (κ2) is 10.9. The lowest BCUT2D eigenvalue weighted by Crippen LogP contribution is -2.38. The van der Waals surface area contributed by atoms with Gasteiger partial charge in [-0.25, -0.2) is 4.99 Å². The van der Waals surface area contributed by atoms with Gasteiger partial charge in [-0.2, -0.15) is 0 Å². The van der Waals surface area contributed by atoms with E-state index in [1.165, 1.54) is 6.92 Å². The van der Waals surface area contributed by atoms with Crippen molar-refractivity contribution in [3.63, 3.8) is 0 Å². The van der Waals surface area contributed by atoms with Crippen LogP contribution in [0, 0.1) is 0 Å². The summed E-state index contributed by atoms with van der Waals surface area (Å²) >= 11 is 0. The van der Waals surface area contributed by atoms with Crippen LogP contribution in [0.25, 0.3) is 0 Å². The van der Waals surface area contributed by atoms with Crippen LogP contribution in [0.5, 0.6) is 11.5 Å². The molecule has 156 valence electrons. The molecule has 2 aromatic rings. The minimum absolute atomic E-state index is 0.142. The molecule has 0 aliphatic rings. The molecule has 0 radical (unpaired) electrons. The predicted molar refractivity (Wildman–Crippen MR) is 117 cm³/mol. The molecule has 0 atom stereocenters. The number of aliphatic imine (C=N–C) groups is 1. The van der Waals surface area contributed by atoms with Crippen LogP contribution in [0.3, 0.4) is 0 Å². The maximum absolute atomic E-state index is 11.4. The number of carbonyl (C=O) groups excluding carboxylic acids is 1. The van der Waals surface area contributed by atoms with Gasteiger partial charge in [0.15, 0.2) is 5.96 Å². The number of methoxy groups -OCH3 is 2. The van der Waals surface area contributed by atoms with Crippen molar-refractivity contribution in [2.24, 2.45) is 4.99 Å².